The maximum atomic E-state index is 11.9. The standard InChI is InChI=1S/C8H6Cl2N2O3S/c1-12-8(13)11-6-3-4(9)2-5(10)7(6)16(12,14)15/h2-3H,1H3,(H,11,13). The average Bonchev–Trinajstić information content (AvgIpc) is 2.12. The lowest BCUT2D eigenvalue weighted by atomic mass is 10.3. The van der Waals surface area contributed by atoms with Crippen molar-refractivity contribution >= 4 is 44.9 Å². The molecule has 0 fully saturated rings. The van der Waals surface area contributed by atoms with Gasteiger partial charge in [-0.15, -0.1) is 0 Å². The van der Waals surface area contributed by atoms with E-state index in [1.54, 1.807) is 0 Å². The number of urea groups is 1. The summed E-state index contributed by atoms with van der Waals surface area (Å²) in [5, 5.41) is 2.62. The van der Waals surface area contributed by atoms with Gasteiger partial charge < -0.3 is 5.32 Å². The molecule has 0 saturated carbocycles. The molecule has 1 aliphatic heterocycles. The Morgan fingerprint density at radius 3 is 2.56 bits per heavy atom. The minimum atomic E-state index is -3.89. The Kier molecular flexibility index (Phi) is 2.52. The van der Waals surface area contributed by atoms with Gasteiger partial charge in [-0.05, 0) is 12.1 Å². The molecule has 0 radical (unpaired) electrons. The van der Waals surface area contributed by atoms with Gasteiger partial charge >= 0.3 is 6.03 Å². The SMILES string of the molecule is CN1C(=O)Nc2cc(Cl)cc(Cl)c2S1(=O)=O. The zero-order valence-electron chi connectivity index (χ0n) is 7.99. The number of amides is 2. The molecular weight excluding hydrogens is 275 g/mol. The molecule has 0 saturated heterocycles. The molecule has 2 rings (SSSR count). The van der Waals surface area contributed by atoms with E-state index in [1.165, 1.54) is 12.1 Å². The summed E-state index contributed by atoms with van der Waals surface area (Å²) < 4.78 is 24.4. The van der Waals surface area contributed by atoms with Gasteiger partial charge in [-0.1, -0.05) is 23.2 Å². The van der Waals surface area contributed by atoms with Crippen molar-refractivity contribution in [3.05, 3.63) is 22.2 Å². The van der Waals surface area contributed by atoms with Gasteiger partial charge in [0.25, 0.3) is 10.0 Å². The first-order valence-electron chi connectivity index (χ1n) is 4.13. The van der Waals surface area contributed by atoms with Crippen LogP contribution in [0.5, 0.6) is 0 Å². The van der Waals surface area contributed by atoms with Crippen LogP contribution < -0.4 is 5.32 Å². The van der Waals surface area contributed by atoms with Crippen LogP contribution in [0.15, 0.2) is 17.0 Å². The molecule has 1 N–H and O–H groups in total. The normalized spacial score (nSPS) is 17.9. The van der Waals surface area contributed by atoms with Crippen LogP contribution in [0.2, 0.25) is 10.0 Å². The quantitative estimate of drug-likeness (QED) is 0.792. The Balaban J connectivity index is 2.81. The third-order valence-corrected chi connectivity index (χ3v) is 4.63. The molecule has 0 aromatic heterocycles. The Bertz CT molecular complexity index is 585. The van der Waals surface area contributed by atoms with Crippen LogP contribution >= 0.6 is 23.2 Å². The van der Waals surface area contributed by atoms with Crippen molar-refractivity contribution in [3.63, 3.8) is 0 Å². The monoisotopic (exact) mass is 280 g/mol. The Hall–Kier alpha value is -0.980. The molecule has 5 nitrogen and oxygen atoms in total. The highest BCUT2D eigenvalue weighted by molar-refractivity contribution is 7.90. The second-order valence-corrected chi connectivity index (χ2v) is 5.92. The van der Waals surface area contributed by atoms with Gasteiger partial charge in [-0.3, -0.25) is 0 Å². The molecule has 8 heteroatoms. The highest BCUT2D eigenvalue weighted by Gasteiger charge is 2.36. The van der Waals surface area contributed by atoms with Gasteiger partial charge in [0, 0.05) is 12.1 Å². The highest BCUT2D eigenvalue weighted by atomic mass is 35.5. The van der Waals surface area contributed by atoms with Gasteiger partial charge in [-0.25, -0.2) is 17.5 Å². The Labute approximate surface area is 102 Å². The number of hydrogen-bond acceptors (Lipinski definition) is 3. The molecule has 0 atom stereocenters. The highest BCUT2D eigenvalue weighted by Crippen LogP contribution is 2.37. The number of nitrogens with one attached hydrogen (secondary N) is 1. The number of sulfonamides is 1. The number of fused-ring (bicyclic) bond motifs is 1. The number of carbonyl (C=O) groups excluding carboxylic acids is 1. The first-order chi connectivity index (χ1) is 7.34. The minimum Gasteiger partial charge on any atom is -0.306 e. The number of nitrogens with zero attached hydrogens (tertiary/aromatic N) is 1. The number of hydrogen-bond donors (Lipinski definition) is 1. The average molecular weight is 281 g/mol. The molecule has 2 amide bonds. The number of rotatable bonds is 0. The van der Waals surface area contributed by atoms with Crippen molar-refractivity contribution in [2.45, 2.75) is 4.90 Å². The van der Waals surface area contributed by atoms with E-state index in [0.29, 0.717) is 4.31 Å². The minimum absolute atomic E-state index is 0.0191. The van der Waals surface area contributed by atoms with E-state index < -0.39 is 16.1 Å². The van der Waals surface area contributed by atoms with E-state index in [9.17, 15) is 13.2 Å². The number of anilines is 1. The van der Waals surface area contributed by atoms with Crippen molar-refractivity contribution < 1.29 is 13.2 Å². The van der Waals surface area contributed by atoms with Crippen LogP contribution in [0.1, 0.15) is 0 Å². The molecule has 1 heterocycles. The van der Waals surface area contributed by atoms with E-state index in [2.05, 4.69) is 5.32 Å². The molecule has 0 spiro atoms. The van der Waals surface area contributed by atoms with Crippen LogP contribution in [0.3, 0.4) is 0 Å². The third-order valence-electron chi connectivity index (χ3n) is 2.15. The zero-order chi connectivity index (χ0) is 12.1. The van der Waals surface area contributed by atoms with E-state index in [4.69, 9.17) is 23.2 Å². The summed E-state index contributed by atoms with van der Waals surface area (Å²) in [4.78, 5) is 11.2. The smallest absolute Gasteiger partial charge is 0.306 e. The Morgan fingerprint density at radius 1 is 1.31 bits per heavy atom. The second kappa shape index (κ2) is 3.51. The number of benzene rings is 1. The number of carbonyl (C=O) groups is 1. The molecule has 16 heavy (non-hydrogen) atoms. The van der Waals surface area contributed by atoms with Crippen molar-refractivity contribution in [2.24, 2.45) is 0 Å². The third kappa shape index (κ3) is 1.53. The predicted octanol–water partition coefficient (Wildman–Crippen LogP) is 2.16. The van der Waals surface area contributed by atoms with Crippen LogP contribution in [0, 0.1) is 0 Å². The molecule has 0 aliphatic carbocycles. The van der Waals surface area contributed by atoms with Gasteiger partial charge in [0.15, 0.2) is 0 Å². The van der Waals surface area contributed by atoms with E-state index in [-0.39, 0.29) is 20.6 Å². The van der Waals surface area contributed by atoms with Gasteiger partial charge in [0.2, 0.25) is 0 Å². The summed E-state index contributed by atoms with van der Waals surface area (Å²) in [7, 11) is -2.74. The van der Waals surface area contributed by atoms with Crippen LogP contribution in [0.4, 0.5) is 10.5 Å². The number of halogens is 2. The molecule has 1 aliphatic rings. The molecule has 1 aromatic rings. The zero-order valence-corrected chi connectivity index (χ0v) is 10.3. The van der Waals surface area contributed by atoms with Crippen molar-refractivity contribution in [1.29, 1.82) is 0 Å². The lowest BCUT2D eigenvalue weighted by Gasteiger charge is -2.26. The first-order valence-corrected chi connectivity index (χ1v) is 6.32. The topological polar surface area (TPSA) is 66.5 Å². The maximum Gasteiger partial charge on any atom is 0.335 e. The predicted molar refractivity (Wildman–Crippen MR) is 60.4 cm³/mol. The summed E-state index contributed by atoms with van der Waals surface area (Å²) in [6, 6.07) is 1.90. The fraction of sp³-hybridized carbons (Fsp3) is 0.125. The molecule has 0 unspecified atom stereocenters. The van der Waals surface area contributed by atoms with Crippen LogP contribution in [-0.2, 0) is 10.0 Å². The summed E-state index contributed by atoms with van der Waals surface area (Å²) in [5.74, 6) is 0. The van der Waals surface area contributed by atoms with Crippen LogP contribution in [0.25, 0.3) is 0 Å². The second-order valence-electron chi connectivity index (χ2n) is 3.17. The maximum absolute atomic E-state index is 11.9. The molecule has 86 valence electrons. The Morgan fingerprint density at radius 2 is 1.94 bits per heavy atom. The fourth-order valence-corrected chi connectivity index (χ4v) is 3.37. The molecule has 1 aromatic carbocycles. The van der Waals surface area contributed by atoms with Crippen molar-refractivity contribution in [2.75, 3.05) is 12.4 Å². The van der Waals surface area contributed by atoms with Crippen molar-refractivity contribution in [3.8, 4) is 0 Å². The lowest BCUT2D eigenvalue weighted by Crippen LogP contribution is -2.41. The lowest BCUT2D eigenvalue weighted by molar-refractivity contribution is 0.240. The van der Waals surface area contributed by atoms with Gasteiger partial charge in [0.05, 0.1) is 10.7 Å². The van der Waals surface area contributed by atoms with Crippen molar-refractivity contribution in [1.82, 2.24) is 4.31 Å². The molecule has 0 bridgehead atoms. The van der Waals surface area contributed by atoms with E-state index >= 15 is 0 Å². The summed E-state index contributed by atoms with van der Waals surface area (Å²) in [5.41, 5.74) is 0.0978. The van der Waals surface area contributed by atoms with Gasteiger partial charge in [-0.2, -0.15) is 0 Å². The van der Waals surface area contributed by atoms with E-state index in [1.807, 2.05) is 0 Å². The van der Waals surface area contributed by atoms with Gasteiger partial charge in [0.1, 0.15) is 4.90 Å². The fourth-order valence-electron chi connectivity index (χ4n) is 1.36. The van der Waals surface area contributed by atoms with Crippen LogP contribution in [-0.4, -0.2) is 25.8 Å². The largest absolute Gasteiger partial charge is 0.335 e. The van der Waals surface area contributed by atoms with E-state index in [0.717, 1.165) is 7.05 Å². The summed E-state index contributed by atoms with van der Waals surface area (Å²) >= 11 is 11.5. The molecular formula is C8H6Cl2N2O3S. The summed E-state index contributed by atoms with van der Waals surface area (Å²) in [6.45, 7) is 0. The first kappa shape index (κ1) is 11.5. The summed E-state index contributed by atoms with van der Waals surface area (Å²) in [6.07, 6.45) is 0.